The third-order valence-electron chi connectivity index (χ3n) is 3.94. The molecule has 1 radical (unpaired) electrons. The molecular weight excluding hydrogens is 435 g/mol. The number of carbonyl (C=O) groups is 1. The van der Waals surface area contributed by atoms with Crippen LogP contribution in [-0.2, 0) is 9.47 Å². The van der Waals surface area contributed by atoms with E-state index in [1.165, 1.54) is 0 Å². The van der Waals surface area contributed by atoms with Crippen LogP contribution in [0.1, 0.15) is 13.3 Å². The van der Waals surface area contributed by atoms with Crippen LogP contribution in [0.4, 0.5) is 16.3 Å². The Bertz CT molecular complexity index is 760. The maximum absolute atomic E-state index is 13.0. The number of nitrogens with one attached hydrogen (secondary N) is 1. The molecule has 1 aromatic heterocycles. The second kappa shape index (κ2) is 12.4. The standard InChI is InChI=1S/C20H28AsN4O4/c1-15(14-28-3)21-19-22-12-10-18(24-19)25(20(26)23-11-5-13-27-2)16-6-8-17(29-4)9-7-16/h6-10,12,15H,5,11,13-14H2,1-4H3,(H,23,26). The number of aromatic nitrogens is 2. The van der Waals surface area contributed by atoms with Crippen molar-refractivity contribution in [1.82, 2.24) is 15.3 Å². The second-order valence-electron chi connectivity index (χ2n) is 6.26. The van der Waals surface area contributed by atoms with Crippen molar-refractivity contribution in [3.05, 3.63) is 36.5 Å². The number of hydrogen-bond donors (Lipinski definition) is 1. The van der Waals surface area contributed by atoms with Crippen LogP contribution in [-0.4, -0.2) is 72.8 Å². The fraction of sp³-hybridized carbons (Fsp3) is 0.450. The van der Waals surface area contributed by atoms with Gasteiger partial charge in [0.2, 0.25) is 0 Å². The Balaban J connectivity index is 2.27. The summed E-state index contributed by atoms with van der Waals surface area (Å²) in [5.74, 6) is 1.25. The predicted octanol–water partition coefficient (Wildman–Crippen LogP) is 2.15. The minimum atomic E-state index is -0.279. The molecule has 0 aliphatic rings. The molecule has 0 bridgehead atoms. The summed E-state index contributed by atoms with van der Waals surface area (Å²) in [6, 6.07) is 8.78. The fourth-order valence-corrected chi connectivity index (χ4v) is 4.49. The first kappa shape index (κ1) is 23.1. The van der Waals surface area contributed by atoms with Gasteiger partial charge >= 0.3 is 179 Å². The van der Waals surface area contributed by atoms with Crippen LogP contribution in [0.15, 0.2) is 36.5 Å². The second-order valence-corrected chi connectivity index (χ2v) is 9.49. The van der Waals surface area contributed by atoms with Gasteiger partial charge in [-0.15, -0.1) is 0 Å². The maximum atomic E-state index is 13.0. The van der Waals surface area contributed by atoms with E-state index in [2.05, 4.69) is 22.2 Å². The molecule has 1 unspecified atom stereocenters. The van der Waals surface area contributed by atoms with Gasteiger partial charge < -0.3 is 0 Å². The molecule has 9 heteroatoms. The van der Waals surface area contributed by atoms with Crippen molar-refractivity contribution in [2.45, 2.75) is 18.1 Å². The van der Waals surface area contributed by atoms with E-state index in [-0.39, 0.29) is 21.8 Å². The van der Waals surface area contributed by atoms with E-state index in [9.17, 15) is 4.79 Å². The quantitative estimate of drug-likeness (QED) is 0.406. The van der Waals surface area contributed by atoms with Gasteiger partial charge in [-0.3, -0.25) is 0 Å². The molecule has 1 aromatic carbocycles. The van der Waals surface area contributed by atoms with Gasteiger partial charge in [0, 0.05) is 0 Å². The van der Waals surface area contributed by atoms with Crippen LogP contribution >= 0.6 is 0 Å². The van der Waals surface area contributed by atoms with Crippen LogP contribution in [0, 0.1) is 0 Å². The average molecular weight is 463 g/mol. The van der Waals surface area contributed by atoms with E-state index in [0.717, 1.165) is 16.8 Å². The molecule has 0 aliphatic carbocycles. The topological polar surface area (TPSA) is 85.8 Å². The number of nitrogens with zero attached hydrogens (tertiary/aromatic N) is 3. The number of rotatable bonds is 11. The molecule has 0 saturated carbocycles. The van der Waals surface area contributed by atoms with Crippen LogP contribution in [0.25, 0.3) is 0 Å². The van der Waals surface area contributed by atoms with Crippen molar-refractivity contribution in [3.63, 3.8) is 0 Å². The van der Waals surface area contributed by atoms with Crippen LogP contribution < -0.4 is 19.6 Å². The zero-order valence-corrected chi connectivity index (χ0v) is 19.2. The average Bonchev–Trinajstić information content (AvgIpc) is 2.72. The van der Waals surface area contributed by atoms with E-state index >= 15 is 0 Å². The van der Waals surface area contributed by atoms with Crippen molar-refractivity contribution in [1.29, 1.82) is 0 Å². The Labute approximate surface area is 178 Å². The van der Waals surface area contributed by atoms with E-state index < -0.39 is 0 Å². The number of hydrogen-bond acceptors (Lipinski definition) is 6. The molecule has 0 saturated heterocycles. The van der Waals surface area contributed by atoms with Gasteiger partial charge in [0.25, 0.3) is 0 Å². The third-order valence-corrected chi connectivity index (χ3v) is 6.11. The normalized spacial score (nSPS) is 12.1. The zero-order chi connectivity index (χ0) is 21.1. The molecule has 0 spiro atoms. The number of methoxy groups -OCH3 is 3. The Kier molecular flexibility index (Phi) is 9.91. The zero-order valence-electron chi connectivity index (χ0n) is 17.3. The van der Waals surface area contributed by atoms with Crippen molar-refractivity contribution >= 4 is 37.9 Å². The summed E-state index contributed by atoms with van der Waals surface area (Å²) in [6.45, 7) is 3.87. The Morgan fingerprint density at radius 2 is 1.93 bits per heavy atom. The summed E-state index contributed by atoms with van der Waals surface area (Å²) >= 11 is -0.279. The Morgan fingerprint density at radius 1 is 1.17 bits per heavy atom. The number of urea groups is 1. The Hall–Kier alpha value is -2.15. The molecule has 0 fully saturated rings. The molecule has 2 amide bonds. The third kappa shape index (κ3) is 7.31. The molecular formula is C20H28AsN4O4. The summed E-state index contributed by atoms with van der Waals surface area (Å²) in [7, 11) is 4.94. The first-order valence-corrected chi connectivity index (χ1v) is 11.3. The first-order chi connectivity index (χ1) is 14.1. The SMILES string of the molecule is COCCCNC(=O)N(c1ccc(OC)cc1)c1ccnc([As]C(C)COC)n1. The van der Waals surface area contributed by atoms with Gasteiger partial charge in [0.15, 0.2) is 0 Å². The fourth-order valence-electron chi connectivity index (χ4n) is 2.58. The van der Waals surface area contributed by atoms with E-state index in [4.69, 9.17) is 14.2 Å². The molecule has 1 heterocycles. The summed E-state index contributed by atoms with van der Waals surface area (Å²) in [5.41, 5.74) is 0.695. The van der Waals surface area contributed by atoms with Gasteiger partial charge in [-0.05, 0) is 0 Å². The van der Waals surface area contributed by atoms with Gasteiger partial charge in [-0.2, -0.15) is 0 Å². The van der Waals surface area contributed by atoms with Crippen molar-refractivity contribution in [2.75, 3.05) is 46.0 Å². The molecule has 2 aromatic rings. The van der Waals surface area contributed by atoms with Crippen LogP contribution in [0.3, 0.4) is 0 Å². The summed E-state index contributed by atoms with van der Waals surface area (Å²) in [6.07, 6.45) is 2.43. The van der Waals surface area contributed by atoms with Gasteiger partial charge in [0.1, 0.15) is 0 Å². The summed E-state index contributed by atoms with van der Waals surface area (Å²) in [5, 5.41) is 2.93. The number of benzene rings is 1. The molecule has 2 rings (SSSR count). The van der Waals surface area contributed by atoms with Gasteiger partial charge in [-0.1, -0.05) is 0 Å². The molecule has 0 aliphatic heterocycles. The van der Waals surface area contributed by atoms with E-state index in [0.29, 0.717) is 36.0 Å². The van der Waals surface area contributed by atoms with Crippen LogP contribution in [0.2, 0.25) is 4.71 Å². The van der Waals surface area contributed by atoms with E-state index in [1.807, 2.05) is 24.3 Å². The van der Waals surface area contributed by atoms with Gasteiger partial charge in [0.05, 0.1) is 0 Å². The monoisotopic (exact) mass is 463 g/mol. The summed E-state index contributed by atoms with van der Waals surface area (Å²) < 4.78 is 16.6. The van der Waals surface area contributed by atoms with Crippen molar-refractivity contribution in [3.8, 4) is 5.75 Å². The van der Waals surface area contributed by atoms with E-state index in [1.54, 1.807) is 38.5 Å². The number of anilines is 2. The van der Waals surface area contributed by atoms with Crippen molar-refractivity contribution in [2.24, 2.45) is 0 Å². The molecule has 157 valence electrons. The van der Waals surface area contributed by atoms with Gasteiger partial charge in [-0.25, -0.2) is 0 Å². The molecule has 29 heavy (non-hydrogen) atoms. The predicted molar refractivity (Wildman–Crippen MR) is 114 cm³/mol. The number of carbonyl (C=O) groups excluding carboxylic acids is 1. The first-order valence-electron chi connectivity index (χ1n) is 9.32. The molecule has 1 atom stereocenters. The van der Waals surface area contributed by atoms with Crippen LogP contribution in [0.5, 0.6) is 5.75 Å². The molecule has 1 N–H and O–H groups in total. The summed E-state index contributed by atoms with van der Waals surface area (Å²) in [4.78, 5) is 23.6. The molecule has 8 nitrogen and oxygen atoms in total. The minimum absolute atomic E-state index is 0.253. The van der Waals surface area contributed by atoms with Crippen molar-refractivity contribution < 1.29 is 19.0 Å². The number of amides is 2. The number of ether oxygens (including phenoxy) is 3. The Morgan fingerprint density at radius 3 is 2.59 bits per heavy atom.